The highest BCUT2D eigenvalue weighted by molar-refractivity contribution is 7.89. The third-order valence-electron chi connectivity index (χ3n) is 6.24. The number of halogens is 2. The molecule has 3 N–H and O–H groups in total. The van der Waals surface area contributed by atoms with Gasteiger partial charge < -0.3 is 5.11 Å². The zero-order valence-electron chi connectivity index (χ0n) is 19.7. The van der Waals surface area contributed by atoms with Crippen LogP contribution in [0.2, 0.25) is 0 Å². The van der Waals surface area contributed by atoms with E-state index >= 15 is 0 Å². The average Bonchev–Trinajstić information content (AvgIpc) is 3.41. The van der Waals surface area contributed by atoms with Gasteiger partial charge in [-0.15, -0.1) is 17.8 Å². The van der Waals surface area contributed by atoms with Gasteiger partial charge >= 0.3 is 5.97 Å². The molecule has 1 saturated carbocycles. The Labute approximate surface area is 220 Å². The highest BCUT2D eigenvalue weighted by Crippen LogP contribution is 2.38. The molecule has 2 heterocycles. The van der Waals surface area contributed by atoms with Gasteiger partial charge in [0.1, 0.15) is 16.5 Å². The van der Waals surface area contributed by atoms with Crippen LogP contribution in [0.3, 0.4) is 0 Å². The smallest absolute Gasteiger partial charge is 0.355 e. The largest absolute Gasteiger partial charge is 0.476 e. The number of hydrogen-bond donors (Lipinski definition) is 2. The number of carboxylic acid groups (broad SMARTS) is 1. The summed E-state index contributed by atoms with van der Waals surface area (Å²) in [6, 6.07) is 7.93. The van der Waals surface area contributed by atoms with Gasteiger partial charge in [-0.3, -0.25) is 0 Å². The van der Waals surface area contributed by atoms with Crippen molar-refractivity contribution in [3.05, 3.63) is 81.5 Å². The quantitative estimate of drug-likeness (QED) is 0.315. The first-order valence-corrected chi connectivity index (χ1v) is 13.9. The van der Waals surface area contributed by atoms with Crippen molar-refractivity contribution in [3.63, 3.8) is 0 Å². The highest BCUT2D eigenvalue weighted by atomic mass is 32.2. The van der Waals surface area contributed by atoms with Crippen molar-refractivity contribution in [2.75, 3.05) is 0 Å². The lowest BCUT2D eigenvalue weighted by molar-refractivity contribution is 0.0691. The van der Waals surface area contributed by atoms with Gasteiger partial charge in [0.2, 0.25) is 15.2 Å². The van der Waals surface area contributed by atoms with Crippen LogP contribution < -0.4 is 5.14 Å². The summed E-state index contributed by atoms with van der Waals surface area (Å²) in [4.78, 5) is 15.1. The second kappa shape index (κ2) is 9.75. The topological polar surface area (TPSA) is 128 Å². The molecule has 0 radical (unpaired) electrons. The third kappa shape index (κ3) is 5.08. The van der Waals surface area contributed by atoms with Crippen LogP contribution in [-0.2, 0) is 22.9 Å². The number of aromatic carboxylic acids is 1. The number of thiazole rings is 1. The number of terminal acetylenes is 1. The van der Waals surface area contributed by atoms with E-state index in [2.05, 4.69) is 10.9 Å². The maximum atomic E-state index is 14.7. The number of hydrogen-bond acceptors (Lipinski definition) is 6. The predicted octanol–water partition coefficient (Wildman–Crippen LogP) is 4.14. The molecule has 1 aliphatic carbocycles. The van der Waals surface area contributed by atoms with E-state index in [1.807, 2.05) is 0 Å². The molecule has 0 bridgehead atoms. The number of nitrogens with zero attached hydrogens (tertiary/aromatic N) is 3. The Hall–Kier alpha value is -3.92. The van der Waals surface area contributed by atoms with Crippen molar-refractivity contribution in [3.8, 4) is 28.7 Å². The minimum Gasteiger partial charge on any atom is -0.476 e. The Bertz CT molecular complexity index is 1730. The van der Waals surface area contributed by atoms with Crippen molar-refractivity contribution < 1.29 is 27.1 Å². The molecule has 2 aromatic carbocycles. The highest BCUT2D eigenvalue weighted by Gasteiger charge is 2.29. The SMILES string of the molecule is C#Cc1cc(-c2nn(-c3nc(C(=O)O)cs3)c(CC3CC3)c2Cc2ccc(S(N)(=O)=O)c(F)c2)ccc1F. The van der Waals surface area contributed by atoms with Gasteiger partial charge in [0.05, 0.1) is 17.0 Å². The van der Waals surface area contributed by atoms with E-state index in [0.29, 0.717) is 39.9 Å². The van der Waals surface area contributed by atoms with E-state index in [1.54, 1.807) is 4.68 Å². The zero-order valence-corrected chi connectivity index (χ0v) is 21.3. The zero-order chi connectivity index (χ0) is 27.2. The fourth-order valence-corrected chi connectivity index (χ4v) is 5.56. The van der Waals surface area contributed by atoms with E-state index in [4.69, 9.17) is 16.7 Å². The number of nitrogens with two attached hydrogens (primary N) is 1. The molecule has 5 rings (SSSR count). The fraction of sp³-hybridized carbons (Fsp3) is 0.192. The summed E-state index contributed by atoms with van der Waals surface area (Å²) in [7, 11) is -4.24. The molecule has 0 unspecified atom stereocenters. The normalized spacial score (nSPS) is 13.4. The lowest BCUT2D eigenvalue weighted by Gasteiger charge is -2.10. The Kier molecular flexibility index (Phi) is 6.60. The van der Waals surface area contributed by atoms with Crippen LogP contribution in [0, 0.1) is 29.9 Å². The van der Waals surface area contributed by atoms with Gasteiger partial charge in [-0.25, -0.2) is 36.8 Å². The van der Waals surface area contributed by atoms with Crippen molar-refractivity contribution in [1.29, 1.82) is 0 Å². The van der Waals surface area contributed by atoms with E-state index in [0.717, 1.165) is 42.0 Å². The van der Waals surface area contributed by atoms with Crippen LogP contribution in [-0.4, -0.2) is 34.3 Å². The molecule has 4 aromatic rings. The molecule has 0 atom stereocenters. The van der Waals surface area contributed by atoms with Gasteiger partial charge in [-0.05, 0) is 61.1 Å². The molecule has 0 amide bonds. The molecule has 0 saturated heterocycles. The number of sulfonamides is 1. The number of aromatic nitrogens is 3. The first kappa shape index (κ1) is 25.7. The van der Waals surface area contributed by atoms with Crippen LogP contribution in [0.25, 0.3) is 16.4 Å². The van der Waals surface area contributed by atoms with Gasteiger partial charge in [0.15, 0.2) is 5.69 Å². The molecule has 1 fully saturated rings. The standard InChI is InChI=1S/C26H20F2N4O4S2/c1-2-16-12-17(6-7-19(16)27)24-18(9-15-5-8-23(20(28)10-15)38(29,35)36)22(11-14-3-4-14)32(31-24)26-30-21(13-37-26)25(33)34/h1,5-8,10,12-14H,3-4,9,11H2,(H,33,34)(H2,29,35,36). The van der Waals surface area contributed by atoms with Crippen LogP contribution in [0.5, 0.6) is 0 Å². The molecule has 194 valence electrons. The van der Waals surface area contributed by atoms with E-state index < -0.39 is 32.5 Å². The number of rotatable bonds is 8. The first-order chi connectivity index (χ1) is 18.0. The molecule has 2 aromatic heterocycles. The van der Waals surface area contributed by atoms with Crippen LogP contribution in [0.1, 0.15) is 45.7 Å². The Morgan fingerprint density at radius 3 is 2.58 bits per heavy atom. The Balaban J connectivity index is 1.70. The summed E-state index contributed by atoms with van der Waals surface area (Å²) in [6.45, 7) is 0. The monoisotopic (exact) mass is 554 g/mol. The summed E-state index contributed by atoms with van der Waals surface area (Å²) in [5, 5.41) is 21.0. The summed E-state index contributed by atoms with van der Waals surface area (Å²) in [5.41, 5.74) is 2.76. The van der Waals surface area contributed by atoms with E-state index in [1.165, 1.54) is 29.6 Å². The lowest BCUT2D eigenvalue weighted by Crippen LogP contribution is -2.14. The number of primary sulfonamides is 1. The van der Waals surface area contributed by atoms with Crippen LogP contribution in [0.4, 0.5) is 8.78 Å². The maximum absolute atomic E-state index is 14.7. The fourth-order valence-electron chi connectivity index (χ4n) is 4.20. The second-order valence-electron chi connectivity index (χ2n) is 8.98. The summed E-state index contributed by atoms with van der Waals surface area (Å²) < 4.78 is 53.8. The van der Waals surface area contributed by atoms with Crippen molar-refractivity contribution in [2.45, 2.75) is 30.6 Å². The number of benzene rings is 2. The summed E-state index contributed by atoms with van der Waals surface area (Å²) in [5.74, 6) is -0.0320. The lowest BCUT2D eigenvalue weighted by atomic mass is 9.96. The van der Waals surface area contributed by atoms with Crippen LogP contribution >= 0.6 is 11.3 Å². The average molecular weight is 555 g/mol. The van der Waals surface area contributed by atoms with Crippen molar-refractivity contribution in [2.24, 2.45) is 11.1 Å². The summed E-state index contributed by atoms with van der Waals surface area (Å²) in [6.07, 6.45) is 8.25. The minimum absolute atomic E-state index is 0.0395. The second-order valence-corrected chi connectivity index (χ2v) is 11.3. The van der Waals surface area contributed by atoms with Gasteiger partial charge in [0, 0.05) is 22.9 Å². The van der Waals surface area contributed by atoms with Gasteiger partial charge in [-0.2, -0.15) is 5.10 Å². The molecule has 8 nitrogen and oxygen atoms in total. The van der Waals surface area contributed by atoms with Crippen LogP contribution in [0.15, 0.2) is 46.7 Å². The number of carboxylic acids is 1. The maximum Gasteiger partial charge on any atom is 0.355 e. The minimum atomic E-state index is -4.24. The molecule has 0 spiro atoms. The molecule has 0 aliphatic heterocycles. The van der Waals surface area contributed by atoms with E-state index in [-0.39, 0.29) is 17.7 Å². The first-order valence-electron chi connectivity index (χ1n) is 11.4. The molecule has 12 heteroatoms. The van der Waals surface area contributed by atoms with Crippen molar-refractivity contribution >= 4 is 27.3 Å². The van der Waals surface area contributed by atoms with Gasteiger partial charge in [-0.1, -0.05) is 12.0 Å². The molecular formula is C26H20F2N4O4S2. The van der Waals surface area contributed by atoms with Gasteiger partial charge in [0.25, 0.3) is 0 Å². The predicted molar refractivity (Wildman–Crippen MR) is 137 cm³/mol. The third-order valence-corrected chi connectivity index (χ3v) is 8.00. The Morgan fingerprint density at radius 2 is 1.97 bits per heavy atom. The summed E-state index contributed by atoms with van der Waals surface area (Å²) >= 11 is 1.11. The van der Waals surface area contributed by atoms with Crippen molar-refractivity contribution in [1.82, 2.24) is 14.8 Å². The number of carbonyl (C=O) groups is 1. The van der Waals surface area contributed by atoms with E-state index in [9.17, 15) is 27.1 Å². The Morgan fingerprint density at radius 1 is 1.21 bits per heavy atom. The molecule has 38 heavy (non-hydrogen) atoms. The molecule has 1 aliphatic rings. The molecular weight excluding hydrogens is 534 g/mol.